The van der Waals surface area contributed by atoms with E-state index in [0.717, 1.165) is 25.7 Å². The number of aryl methyl sites for hydroxylation is 2. The molecule has 0 aromatic heterocycles. The molecule has 0 atom stereocenters. The normalized spacial score (nSPS) is 11.9. The first kappa shape index (κ1) is 32.9. The predicted molar refractivity (Wildman–Crippen MR) is 134 cm³/mol. The molecule has 0 radical (unpaired) electrons. The SMILES string of the molecule is CCCCCCCCCc1cc(CCCCCCCCC)cc(OC(C)(C)S(=O)(=O)[O-])c1.[Na+]. The van der Waals surface area contributed by atoms with Gasteiger partial charge in [-0.05, 0) is 62.8 Å². The van der Waals surface area contributed by atoms with Gasteiger partial charge < -0.3 is 9.29 Å². The second-order valence-corrected chi connectivity index (χ2v) is 11.6. The Morgan fingerprint density at radius 2 is 1.06 bits per heavy atom. The molecule has 0 aliphatic carbocycles. The Bertz CT molecular complexity index is 695. The Morgan fingerprint density at radius 1 is 0.697 bits per heavy atom. The molecule has 0 aliphatic heterocycles. The number of unbranched alkanes of at least 4 members (excludes halogenated alkanes) is 12. The molecule has 1 aromatic carbocycles. The molecule has 0 spiro atoms. The van der Waals surface area contributed by atoms with Crippen molar-refractivity contribution in [3.05, 3.63) is 29.3 Å². The first-order chi connectivity index (χ1) is 15.2. The fourth-order valence-corrected chi connectivity index (χ4v) is 4.18. The van der Waals surface area contributed by atoms with Crippen LogP contribution in [-0.4, -0.2) is 17.9 Å². The molecule has 186 valence electrons. The summed E-state index contributed by atoms with van der Waals surface area (Å²) in [6, 6.07) is 6.07. The van der Waals surface area contributed by atoms with Gasteiger partial charge >= 0.3 is 29.6 Å². The third-order valence-corrected chi connectivity index (χ3v) is 7.42. The van der Waals surface area contributed by atoms with E-state index in [1.54, 1.807) is 0 Å². The van der Waals surface area contributed by atoms with Gasteiger partial charge in [0.25, 0.3) is 0 Å². The summed E-state index contributed by atoms with van der Waals surface area (Å²) in [6.45, 7) is 7.12. The predicted octanol–water partition coefficient (Wildman–Crippen LogP) is 4.94. The van der Waals surface area contributed by atoms with Crippen molar-refractivity contribution in [2.45, 2.75) is 135 Å². The molecule has 1 rings (SSSR count). The van der Waals surface area contributed by atoms with Gasteiger partial charge in [-0.15, -0.1) is 0 Å². The van der Waals surface area contributed by atoms with Gasteiger partial charge in [0.15, 0.2) is 4.93 Å². The summed E-state index contributed by atoms with van der Waals surface area (Å²) in [7, 11) is -4.56. The molecule has 0 saturated carbocycles. The summed E-state index contributed by atoms with van der Waals surface area (Å²) in [5.74, 6) is 0.493. The average Bonchev–Trinajstić information content (AvgIpc) is 2.71. The Balaban J connectivity index is 0.0000102. The summed E-state index contributed by atoms with van der Waals surface area (Å²) < 4.78 is 40.4. The zero-order chi connectivity index (χ0) is 23.9. The summed E-state index contributed by atoms with van der Waals surface area (Å²) in [4.78, 5) is -1.78. The maximum Gasteiger partial charge on any atom is 1.00 e. The molecule has 6 heteroatoms. The Hall–Kier alpha value is -0.0700. The van der Waals surface area contributed by atoms with Crippen LogP contribution in [0, 0.1) is 0 Å². The van der Waals surface area contributed by atoms with Crippen molar-refractivity contribution in [1.29, 1.82) is 0 Å². The maximum atomic E-state index is 11.6. The fraction of sp³-hybridized carbons (Fsp3) is 0.778. The van der Waals surface area contributed by atoms with Crippen molar-refractivity contribution < 1.29 is 47.3 Å². The second kappa shape index (κ2) is 18.2. The van der Waals surface area contributed by atoms with E-state index in [2.05, 4.69) is 19.9 Å². The van der Waals surface area contributed by atoms with Gasteiger partial charge in [-0.1, -0.05) is 97.0 Å². The molecular weight excluding hydrogens is 443 g/mol. The maximum absolute atomic E-state index is 11.6. The van der Waals surface area contributed by atoms with Crippen molar-refractivity contribution in [2.24, 2.45) is 0 Å². The molecule has 0 saturated heterocycles. The van der Waals surface area contributed by atoms with Crippen LogP contribution < -0.4 is 34.3 Å². The van der Waals surface area contributed by atoms with Crippen LogP contribution in [0.4, 0.5) is 0 Å². The van der Waals surface area contributed by atoms with Crippen molar-refractivity contribution >= 4 is 10.1 Å². The number of ether oxygens (including phenoxy) is 1. The average molecular weight is 491 g/mol. The Morgan fingerprint density at radius 3 is 1.42 bits per heavy atom. The topological polar surface area (TPSA) is 66.4 Å². The van der Waals surface area contributed by atoms with E-state index < -0.39 is 15.1 Å². The molecule has 0 heterocycles. The van der Waals surface area contributed by atoms with E-state index in [0.29, 0.717) is 5.75 Å². The molecule has 1 aromatic rings. The molecule has 0 bridgehead atoms. The minimum absolute atomic E-state index is 0. The minimum Gasteiger partial charge on any atom is -0.745 e. The van der Waals surface area contributed by atoms with Gasteiger partial charge in [-0.25, -0.2) is 8.42 Å². The monoisotopic (exact) mass is 490 g/mol. The van der Waals surface area contributed by atoms with Gasteiger partial charge in [0.1, 0.15) is 15.9 Å². The molecular formula is C27H47NaO4S. The van der Waals surface area contributed by atoms with Crippen LogP contribution in [0.3, 0.4) is 0 Å². The van der Waals surface area contributed by atoms with Crippen LogP contribution in [0.5, 0.6) is 5.75 Å². The number of hydrogen-bond acceptors (Lipinski definition) is 4. The number of benzene rings is 1. The first-order valence-electron chi connectivity index (χ1n) is 13.0. The molecule has 0 fully saturated rings. The van der Waals surface area contributed by atoms with E-state index >= 15 is 0 Å². The fourth-order valence-electron chi connectivity index (χ4n) is 3.98. The Labute approximate surface area is 226 Å². The van der Waals surface area contributed by atoms with Crippen molar-refractivity contribution in [3.63, 3.8) is 0 Å². The van der Waals surface area contributed by atoms with Crippen LogP contribution in [0.15, 0.2) is 18.2 Å². The van der Waals surface area contributed by atoms with Crippen LogP contribution in [-0.2, 0) is 23.0 Å². The molecule has 0 unspecified atom stereocenters. The quantitative estimate of drug-likeness (QED) is 0.157. The summed E-state index contributed by atoms with van der Waals surface area (Å²) in [6.07, 6.45) is 19.5. The summed E-state index contributed by atoms with van der Waals surface area (Å²) in [5, 5.41) is 0. The second-order valence-electron chi connectivity index (χ2n) is 9.68. The van der Waals surface area contributed by atoms with Gasteiger partial charge in [-0.3, -0.25) is 0 Å². The van der Waals surface area contributed by atoms with Crippen LogP contribution in [0.25, 0.3) is 0 Å². The molecule has 4 nitrogen and oxygen atoms in total. The van der Waals surface area contributed by atoms with Crippen molar-refractivity contribution in [2.75, 3.05) is 0 Å². The zero-order valence-electron chi connectivity index (χ0n) is 22.1. The van der Waals surface area contributed by atoms with E-state index in [-0.39, 0.29) is 29.6 Å². The number of rotatable bonds is 19. The van der Waals surface area contributed by atoms with Crippen LogP contribution in [0.1, 0.15) is 129 Å². The number of hydrogen-bond donors (Lipinski definition) is 0. The minimum atomic E-state index is -4.56. The van der Waals surface area contributed by atoms with E-state index in [4.69, 9.17) is 4.74 Å². The zero-order valence-corrected chi connectivity index (χ0v) is 24.9. The molecule has 0 amide bonds. The van der Waals surface area contributed by atoms with E-state index in [9.17, 15) is 13.0 Å². The van der Waals surface area contributed by atoms with Crippen molar-refractivity contribution in [1.82, 2.24) is 0 Å². The van der Waals surface area contributed by atoms with Gasteiger partial charge in [0.05, 0.1) is 0 Å². The summed E-state index contributed by atoms with van der Waals surface area (Å²) >= 11 is 0. The summed E-state index contributed by atoms with van der Waals surface area (Å²) in [5.41, 5.74) is 2.35. The third-order valence-electron chi connectivity index (χ3n) is 6.13. The van der Waals surface area contributed by atoms with Gasteiger partial charge in [0, 0.05) is 0 Å². The van der Waals surface area contributed by atoms with Crippen LogP contribution in [0.2, 0.25) is 0 Å². The van der Waals surface area contributed by atoms with Crippen molar-refractivity contribution in [3.8, 4) is 5.75 Å². The van der Waals surface area contributed by atoms with Gasteiger partial charge in [0.2, 0.25) is 0 Å². The van der Waals surface area contributed by atoms with E-state index in [1.165, 1.54) is 102 Å². The molecule has 0 aliphatic rings. The Kier molecular flexibility index (Phi) is 18.2. The largest absolute Gasteiger partial charge is 1.00 e. The van der Waals surface area contributed by atoms with Crippen LogP contribution >= 0.6 is 0 Å². The van der Waals surface area contributed by atoms with Gasteiger partial charge in [-0.2, -0.15) is 0 Å². The standard InChI is InChI=1S/C27H48O4S.Na/c1-5-7-9-11-13-15-17-19-24-21-25(20-18-16-14-12-10-8-6-2)23-26(22-24)31-27(3,4)32(28,29)30;/h21-23H,5-20H2,1-4H3,(H,28,29,30);/q;+1/p-1. The third kappa shape index (κ3) is 14.8. The van der Waals surface area contributed by atoms with E-state index in [1.807, 2.05) is 12.1 Å². The first-order valence-corrected chi connectivity index (χ1v) is 14.4. The molecule has 0 N–H and O–H groups in total. The smallest absolute Gasteiger partial charge is 0.745 e. The molecule has 33 heavy (non-hydrogen) atoms.